The molecule has 0 bridgehead atoms. The number of ether oxygens (including phenoxy) is 2. The first-order valence-electron chi connectivity index (χ1n) is 10.8. The van der Waals surface area contributed by atoms with E-state index in [1.54, 1.807) is 0 Å². The number of benzene rings is 2. The Kier molecular flexibility index (Phi) is 10.2. The van der Waals surface area contributed by atoms with Crippen molar-refractivity contribution in [2.24, 2.45) is 11.0 Å². The van der Waals surface area contributed by atoms with Crippen LogP contribution in [0.25, 0.3) is 0 Å². The van der Waals surface area contributed by atoms with E-state index in [1.165, 1.54) is 31.2 Å². The molecule has 8 nitrogen and oxygen atoms in total. The molecule has 0 heterocycles. The third-order valence-electron chi connectivity index (χ3n) is 4.87. The summed E-state index contributed by atoms with van der Waals surface area (Å²) in [5.74, 6) is 5.31. The van der Waals surface area contributed by atoms with E-state index in [0.29, 0.717) is 6.42 Å². The minimum atomic E-state index is -4.95. The summed E-state index contributed by atoms with van der Waals surface area (Å²) in [5.41, 5.74) is -2.17. The molecular formula is C22H25F6N3O5S. The fraction of sp³-hybridized carbons (Fsp3) is 0.409. The number of sulfonamides is 1. The first kappa shape index (κ1) is 30.2. The summed E-state index contributed by atoms with van der Waals surface area (Å²) in [6, 6.07) is 6.77. The lowest BCUT2D eigenvalue weighted by molar-refractivity contribution is -0.174. The van der Waals surface area contributed by atoms with Crippen LogP contribution in [0.3, 0.4) is 0 Å². The molecule has 0 aliphatic heterocycles. The van der Waals surface area contributed by atoms with Crippen molar-refractivity contribution < 1.29 is 49.4 Å². The first-order valence-corrected chi connectivity index (χ1v) is 12.4. The number of nitrogens with zero attached hydrogens (tertiary/aromatic N) is 2. The van der Waals surface area contributed by atoms with Crippen molar-refractivity contribution in [3.05, 3.63) is 59.7 Å². The summed E-state index contributed by atoms with van der Waals surface area (Å²) in [6.45, 7) is 1.72. The van der Waals surface area contributed by atoms with Crippen LogP contribution < -0.4 is 15.3 Å². The Morgan fingerprint density at radius 2 is 1.46 bits per heavy atom. The van der Waals surface area contributed by atoms with E-state index in [0.717, 1.165) is 24.3 Å². The van der Waals surface area contributed by atoms with Crippen LogP contribution in [-0.2, 0) is 10.0 Å². The van der Waals surface area contributed by atoms with E-state index < -0.39 is 39.9 Å². The lowest BCUT2D eigenvalue weighted by Gasteiger charge is -2.29. The van der Waals surface area contributed by atoms with Gasteiger partial charge < -0.3 is 14.7 Å². The molecule has 0 spiro atoms. The molecule has 37 heavy (non-hydrogen) atoms. The maximum atomic E-state index is 13.6. The Morgan fingerprint density at radius 3 is 1.86 bits per heavy atom. The van der Waals surface area contributed by atoms with Crippen molar-refractivity contribution in [3.8, 4) is 11.5 Å². The zero-order valence-corrected chi connectivity index (χ0v) is 20.3. The van der Waals surface area contributed by atoms with Crippen LogP contribution in [0.15, 0.2) is 53.7 Å². The highest BCUT2D eigenvalue weighted by Crippen LogP contribution is 2.38. The normalized spacial score (nSPS) is 14.0. The number of hydrogen-bond acceptors (Lipinski definition) is 7. The molecule has 2 aromatic rings. The predicted octanol–water partition coefficient (Wildman–Crippen LogP) is 4.79. The third kappa shape index (κ3) is 8.50. The Morgan fingerprint density at radius 1 is 0.973 bits per heavy atom. The van der Waals surface area contributed by atoms with E-state index in [4.69, 9.17) is 20.5 Å². The summed E-state index contributed by atoms with van der Waals surface area (Å²) in [5, 5.41) is 10.8. The largest absolute Gasteiger partial charge is 0.493 e. The second-order valence-electron chi connectivity index (χ2n) is 7.68. The topological polar surface area (TPSA) is 114 Å². The van der Waals surface area contributed by atoms with Crippen molar-refractivity contribution in [1.82, 2.24) is 4.41 Å². The molecule has 2 rings (SSSR count). The van der Waals surface area contributed by atoms with Crippen molar-refractivity contribution in [2.75, 3.05) is 19.0 Å². The minimum Gasteiger partial charge on any atom is -0.493 e. The second-order valence-corrected chi connectivity index (χ2v) is 9.67. The second kappa shape index (κ2) is 12.5. The molecule has 1 atom stereocenters. The molecule has 0 fully saturated rings. The number of alkyl halides is 6. The molecule has 2 aromatic carbocycles. The van der Waals surface area contributed by atoms with Crippen molar-refractivity contribution in [1.29, 1.82) is 0 Å². The summed E-state index contributed by atoms with van der Waals surface area (Å²) >= 11 is 0. The Bertz CT molecular complexity index is 1140. The summed E-state index contributed by atoms with van der Waals surface area (Å²) < 4.78 is 114. The van der Waals surface area contributed by atoms with Crippen molar-refractivity contribution in [3.63, 3.8) is 0 Å². The molecule has 15 heteroatoms. The van der Waals surface area contributed by atoms with E-state index in [1.807, 2.05) is 0 Å². The van der Waals surface area contributed by atoms with Gasteiger partial charge in [0.1, 0.15) is 11.5 Å². The molecule has 206 valence electrons. The SMILES string of the molecule is CCCS(=O)(=O)N(N)C(c1ccc(OCCCOc2ccc(C(=NO)C(F)(F)F)cc2)cc1)C(F)(F)F. The summed E-state index contributed by atoms with van der Waals surface area (Å²) in [4.78, 5) is 0. The molecule has 0 amide bonds. The number of oxime groups is 1. The van der Waals surface area contributed by atoms with Gasteiger partial charge in [-0.1, -0.05) is 24.2 Å². The number of nitrogens with two attached hydrogens (primary N) is 1. The number of halogens is 6. The molecule has 0 aliphatic rings. The highest BCUT2D eigenvalue weighted by molar-refractivity contribution is 7.89. The smallest absolute Gasteiger partial charge is 0.437 e. The third-order valence-corrected chi connectivity index (χ3v) is 6.64. The van der Waals surface area contributed by atoms with Gasteiger partial charge in [-0.3, -0.25) is 5.84 Å². The monoisotopic (exact) mass is 557 g/mol. The van der Waals surface area contributed by atoms with Gasteiger partial charge in [-0.05, 0) is 48.4 Å². The van der Waals surface area contributed by atoms with Crippen LogP contribution in [0, 0.1) is 0 Å². The fourth-order valence-corrected chi connectivity index (χ4v) is 4.47. The Hall–Kier alpha value is -3.04. The highest BCUT2D eigenvalue weighted by atomic mass is 32.2. The molecule has 1 unspecified atom stereocenters. The lowest BCUT2D eigenvalue weighted by atomic mass is 10.1. The van der Waals surface area contributed by atoms with Gasteiger partial charge in [0.25, 0.3) is 0 Å². The zero-order chi connectivity index (χ0) is 27.9. The molecule has 0 saturated heterocycles. The first-order chi connectivity index (χ1) is 17.2. The van der Waals surface area contributed by atoms with E-state index in [-0.39, 0.29) is 46.7 Å². The van der Waals surface area contributed by atoms with E-state index in [9.17, 15) is 34.8 Å². The van der Waals surface area contributed by atoms with Gasteiger partial charge in [0.15, 0.2) is 11.8 Å². The van der Waals surface area contributed by atoms with Gasteiger partial charge in [0.05, 0.1) is 19.0 Å². The van der Waals surface area contributed by atoms with E-state index >= 15 is 0 Å². The van der Waals surface area contributed by atoms with E-state index in [2.05, 4.69) is 5.16 Å². The van der Waals surface area contributed by atoms with Crippen LogP contribution in [0.5, 0.6) is 11.5 Å². The molecule has 0 aromatic heterocycles. The van der Waals surface area contributed by atoms with Crippen LogP contribution >= 0.6 is 0 Å². The quantitative estimate of drug-likeness (QED) is 0.0969. The maximum Gasteiger partial charge on any atom is 0.437 e. The average molecular weight is 558 g/mol. The maximum absolute atomic E-state index is 13.6. The molecule has 0 saturated carbocycles. The lowest BCUT2D eigenvalue weighted by Crippen LogP contribution is -2.47. The molecule has 0 radical (unpaired) electrons. The van der Waals surface area contributed by atoms with Gasteiger partial charge in [-0.25, -0.2) is 8.42 Å². The standard InChI is InChI=1S/C22H25F6N3O5S/c1-2-14-37(33,34)31(29)20(22(26,27)28)16-6-10-18(11-7-16)36-13-3-12-35-17-8-4-15(5-9-17)19(30-32)21(23,24)25/h4-11,20,32H,2-3,12-14,29H2,1H3. The highest BCUT2D eigenvalue weighted by Gasteiger charge is 2.47. The minimum absolute atomic E-state index is 0.0972. The van der Waals surface area contributed by atoms with Gasteiger partial charge in [0, 0.05) is 12.0 Å². The number of hydrazine groups is 1. The molecule has 0 aliphatic carbocycles. The predicted molar refractivity (Wildman–Crippen MR) is 122 cm³/mol. The van der Waals surface area contributed by atoms with Crippen molar-refractivity contribution in [2.45, 2.75) is 38.2 Å². The van der Waals surface area contributed by atoms with Gasteiger partial charge in [-0.2, -0.15) is 26.3 Å². The van der Waals surface area contributed by atoms with Crippen LogP contribution in [0.4, 0.5) is 26.3 Å². The number of rotatable bonds is 12. The van der Waals surface area contributed by atoms with Crippen molar-refractivity contribution >= 4 is 15.7 Å². The van der Waals surface area contributed by atoms with Gasteiger partial charge >= 0.3 is 12.4 Å². The van der Waals surface area contributed by atoms with Crippen LogP contribution in [-0.4, -0.2) is 55.1 Å². The number of hydrogen-bond donors (Lipinski definition) is 2. The Labute approximate surface area is 209 Å². The summed E-state index contributed by atoms with van der Waals surface area (Å²) in [6.07, 6.45) is -9.35. The zero-order valence-electron chi connectivity index (χ0n) is 19.5. The fourth-order valence-electron chi connectivity index (χ4n) is 3.18. The van der Waals surface area contributed by atoms with Crippen LogP contribution in [0.1, 0.15) is 36.9 Å². The molecular weight excluding hydrogens is 532 g/mol. The van der Waals surface area contributed by atoms with Gasteiger partial charge in [-0.15, -0.1) is 4.41 Å². The van der Waals surface area contributed by atoms with Gasteiger partial charge in [0.2, 0.25) is 10.0 Å². The molecule has 3 N–H and O–H groups in total. The average Bonchev–Trinajstić information content (AvgIpc) is 2.79. The van der Waals surface area contributed by atoms with Crippen LogP contribution in [0.2, 0.25) is 0 Å². The Balaban J connectivity index is 1.91. The summed E-state index contributed by atoms with van der Waals surface area (Å²) in [7, 11) is -4.33.